The molecule has 2 heterocycles. The lowest BCUT2D eigenvalue weighted by Gasteiger charge is -2.17. The Kier molecular flexibility index (Phi) is 4.38. The molecule has 0 spiro atoms. The molecule has 3 aromatic rings. The fourth-order valence-electron chi connectivity index (χ4n) is 2.94. The Morgan fingerprint density at radius 2 is 1.96 bits per heavy atom. The van der Waals surface area contributed by atoms with Crippen LogP contribution in [0.2, 0.25) is 10.0 Å². The van der Waals surface area contributed by atoms with Crippen LogP contribution in [0.1, 0.15) is 18.2 Å². The van der Waals surface area contributed by atoms with Crippen LogP contribution in [0.3, 0.4) is 0 Å². The number of anilines is 1. The molecule has 0 N–H and O–H groups in total. The highest BCUT2D eigenvalue weighted by molar-refractivity contribution is 6.31. The van der Waals surface area contributed by atoms with E-state index in [4.69, 9.17) is 27.7 Å². The van der Waals surface area contributed by atoms with E-state index in [0.717, 1.165) is 5.56 Å². The van der Waals surface area contributed by atoms with Crippen molar-refractivity contribution in [3.8, 4) is 11.4 Å². The highest BCUT2D eigenvalue weighted by Gasteiger charge is 2.36. The van der Waals surface area contributed by atoms with Gasteiger partial charge in [0, 0.05) is 28.6 Å². The summed E-state index contributed by atoms with van der Waals surface area (Å²) in [6.07, 6.45) is 0.156. The number of benzene rings is 2. The second-order valence-electron chi connectivity index (χ2n) is 5.97. The van der Waals surface area contributed by atoms with E-state index in [1.807, 2.05) is 6.07 Å². The van der Waals surface area contributed by atoms with E-state index >= 15 is 0 Å². The predicted octanol–water partition coefficient (Wildman–Crippen LogP) is 4.70. The normalized spacial score (nSPS) is 17.1. The highest BCUT2D eigenvalue weighted by Crippen LogP contribution is 2.34. The Hall–Kier alpha value is -2.44. The molecule has 0 aliphatic carbocycles. The largest absolute Gasteiger partial charge is 0.339 e. The van der Waals surface area contributed by atoms with Crippen molar-refractivity contribution in [2.75, 3.05) is 11.4 Å². The van der Waals surface area contributed by atoms with E-state index < -0.39 is 5.82 Å². The van der Waals surface area contributed by atoms with E-state index in [2.05, 4.69) is 10.1 Å². The van der Waals surface area contributed by atoms with Gasteiger partial charge >= 0.3 is 0 Å². The molecule has 26 heavy (non-hydrogen) atoms. The van der Waals surface area contributed by atoms with Gasteiger partial charge in [-0.3, -0.25) is 4.79 Å². The molecule has 2 aromatic carbocycles. The minimum atomic E-state index is -0.506. The van der Waals surface area contributed by atoms with Crippen molar-refractivity contribution in [2.24, 2.45) is 0 Å². The van der Waals surface area contributed by atoms with Crippen LogP contribution in [0.25, 0.3) is 11.4 Å². The first-order valence-corrected chi connectivity index (χ1v) is 8.62. The minimum absolute atomic E-state index is 0.152. The minimum Gasteiger partial charge on any atom is -0.339 e. The van der Waals surface area contributed by atoms with Gasteiger partial charge in [-0.2, -0.15) is 4.98 Å². The molecule has 0 saturated carbocycles. The summed E-state index contributed by atoms with van der Waals surface area (Å²) in [4.78, 5) is 18.1. The van der Waals surface area contributed by atoms with Crippen molar-refractivity contribution in [3.63, 3.8) is 0 Å². The topological polar surface area (TPSA) is 59.2 Å². The Bertz CT molecular complexity index is 992. The molecule has 1 aliphatic heterocycles. The Morgan fingerprint density at radius 1 is 1.15 bits per heavy atom. The summed E-state index contributed by atoms with van der Waals surface area (Å²) >= 11 is 11.9. The maximum absolute atomic E-state index is 14.1. The first kappa shape index (κ1) is 17.0. The molecule has 8 heteroatoms. The van der Waals surface area contributed by atoms with Gasteiger partial charge in [-0.25, -0.2) is 4.39 Å². The number of hydrogen-bond acceptors (Lipinski definition) is 4. The highest BCUT2D eigenvalue weighted by atomic mass is 35.5. The molecule has 1 aliphatic rings. The number of hydrogen-bond donors (Lipinski definition) is 0. The Morgan fingerprint density at radius 3 is 2.77 bits per heavy atom. The molecule has 1 atom stereocenters. The van der Waals surface area contributed by atoms with Crippen LogP contribution in [0.5, 0.6) is 0 Å². The second-order valence-corrected chi connectivity index (χ2v) is 6.84. The smallest absolute Gasteiger partial charge is 0.232 e. The molecular weight excluding hydrogens is 380 g/mol. The molecule has 0 radical (unpaired) electrons. The zero-order chi connectivity index (χ0) is 18.3. The van der Waals surface area contributed by atoms with Gasteiger partial charge < -0.3 is 9.42 Å². The summed E-state index contributed by atoms with van der Waals surface area (Å²) in [5.41, 5.74) is 0.870. The Balaban J connectivity index is 1.59. The van der Waals surface area contributed by atoms with Gasteiger partial charge in [0.2, 0.25) is 17.6 Å². The number of amides is 1. The number of carbonyl (C=O) groups excluding carboxylic acids is 1. The zero-order valence-corrected chi connectivity index (χ0v) is 14.8. The van der Waals surface area contributed by atoms with Gasteiger partial charge in [-0.1, -0.05) is 40.5 Å². The molecule has 1 amide bonds. The monoisotopic (exact) mass is 391 g/mol. The van der Waals surface area contributed by atoms with Crippen molar-refractivity contribution in [1.29, 1.82) is 0 Å². The summed E-state index contributed by atoms with van der Waals surface area (Å²) in [7, 11) is 0. The van der Waals surface area contributed by atoms with Gasteiger partial charge in [0.25, 0.3) is 0 Å². The molecular formula is C18H12Cl2FN3O2. The van der Waals surface area contributed by atoms with Gasteiger partial charge in [0.15, 0.2) is 0 Å². The van der Waals surface area contributed by atoms with Crippen molar-refractivity contribution >= 4 is 34.8 Å². The quantitative estimate of drug-likeness (QED) is 0.648. The van der Waals surface area contributed by atoms with Crippen molar-refractivity contribution in [1.82, 2.24) is 10.1 Å². The number of nitrogens with zero attached hydrogens (tertiary/aromatic N) is 3. The summed E-state index contributed by atoms with van der Waals surface area (Å²) in [5, 5.41) is 4.88. The zero-order valence-electron chi connectivity index (χ0n) is 13.3. The molecule has 1 saturated heterocycles. The second kappa shape index (κ2) is 6.70. The molecule has 132 valence electrons. The van der Waals surface area contributed by atoms with Crippen LogP contribution in [0, 0.1) is 5.82 Å². The third-order valence-electron chi connectivity index (χ3n) is 4.20. The fraction of sp³-hybridized carbons (Fsp3) is 0.167. The van der Waals surface area contributed by atoms with E-state index in [-0.39, 0.29) is 30.5 Å². The first-order chi connectivity index (χ1) is 12.5. The average molecular weight is 392 g/mol. The maximum Gasteiger partial charge on any atom is 0.232 e. The third-order valence-corrected chi connectivity index (χ3v) is 4.67. The standard InChI is InChI=1S/C18H12Cl2FN3O2/c19-12-3-1-2-10(6-12)17-22-18(26-23-17)11-7-16(25)24(9-11)15-8-13(20)4-5-14(15)21/h1-6,8,11H,7,9H2. The molecule has 5 nitrogen and oxygen atoms in total. The van der Waals surface area contributed by atoms with Crippen molar-refractivity contribution < 1.29 is 13.7 Å². The number of carbonyl (C=O) groups is 1. The lowest BCUT2D eigenvalue weighted by molar-refractivity contribution is -0.117. The van der Waals surface area contributed by atoms with Gasteiger partial charge in [-0.05, 0) is 30.3 Å². The number of halogens is 3. The van der Waals surface area contributed by atoms with E-state index in [0.29, 0.717) is 21.8 Å². The summed E-state index contributed by atoms with van der Waals surface area (Å²) < 4.78 is 19.4. The number of rotatable bonds is 3. The van der Waals surface area contributed by atoms with Crippen LogP contribution in [-0.4, -0.2) is 22.6 Å². The average Bonchev–Trinajstić information content (AvgIpc) is 3.24. The maximum atomic E-state index is 14.1. The lowest BCUT2D eigenvalue weighted by Crippen LogP contribution is -2.25. The van der Waals surface area contributed by atoms with Crippen LogP contribution in [0.15, 0.2) is 47.0 Å². The van der Waals surface area contributed by atoms with E-state index in [9.17, 15) is 9.18 Å². The SMILES string of the molecule is O=C1CC(c2nc(-c3cccc(Cl)c3)no2)CN1c1cc(Cl)ccc1F. The lowest BCUT2D eigenvalue weighted by atomic mass is 10.1. The van der Waals surface area contributed by atoms with Crippen molar-refractivity contribution in [3.05, 3.63) is 64.2 Å². The summed E-state index contributed by atoms with van der Waals surface area (Å²) in [5.74, 6) is -0.325. The van der Waals surface area contributed by atoms with E-state index in [1.54, 1.807) is 18.2 Å². The van der Waals surface area contributed by atoms with Gasteiger partial charge in [0.1, 0.15) is 5.82 Å². The van der Waals surface area contributed by atoms with Crippen LogP contribution >= 0.6 is 23.2 Å². The van der Waals surface area contributed by atoms with Gasteiger partial charge in [-0.15, -0.1) is 0 Å². The van der Waals surface area contributed by atoms with Crippen LogP contribution in [0.4, 0.5) is 10.1 Å². The predicted molar refractivity (Wildman–Crippen MR) is 95.9 cm³/mol. The van der Waals surface area contributed by atoms with Gasteiger partial charge in [0.05, 0.1) is 11.6 Å². The molecule has 4 rings (SSSR count). The Labute approximate surface area is 158 Å². The molecule has 0 bridgehead atoms. The summed E-state index contributed by atoms with van der Waals surface area (Å²) in [6, 6.07) is 11.2. The molecule has 1 fully saturated rings. The number of aromatic nitrogens is 2. The third kappa shape index (κ3) is 3.18. The van der Waals surface area contributed by atoms with Crippen LogP contribution < -0.4 is 4.90 Å². The van der Waals surface area contributed by atoms with E-state index in [1.165, 1.54) is 23.1 Å². The van der Waals surface area contributed by atoms with Crippen LogP contribution in [-0.2, 0) is 4.79 Å². The molecule has 1 aromatic heterocycles. The molecule has 1 unspecified atom stereocenters. The van der Waals surface area contributed by atoms with Crippen molar-refractivity contribution in [2.45, 2.75) is 12.3 Å². The fourth-order valence-corrected chi connectivity index (χ4v) is 3.30. The first-order valence-electron chi connectivity index (χ1n) is 7.86. The summed E-state index contributed by atoms with van der Waals surface area (Å²) in [6.45, 7) is 0.243.